The molecule has 0 amide bonds. The second kappa shape index (κ2) is 6.30. The molecule has 0 saturated heterocycles. The summed E-state index contributed by atoms with van der Waals surface area (Å²) in [5.41, 5.74) is 1.17. The van der Waals surface area contributed by atoms with Crippen molar-refractivity contribution < 1.29 is 14.3 Å². The first kappa shape index (κ1) is 13.2. The molecule has 4 nitrogen and oxygen atoms in total. The molecule has 0 fully saturated rings. The Bertz CT molecular complexity index is 198. The van der Waals surface area contributed by atoms with E-state index in [1.807, 2.05) is 13.8 Å². The molecule has 0 radical (unpaired) electrons. The molecular weight excluding hydrogens is 158 g/mol. The summed E-state index contributed by atoms with van der Waals surface area (Å²) in [5.74, 6) is -1.16. The third-order valence-electron chi connectivity index (χ3n) is 0.557. The van der Waals surface area contributed by atoms with Gasteiger partial charge in [-0.25, -0.2) is 9.59 Å². The van der Waals surface area contributed by atoms with Crippen LogP contribution in [-0.2, 0) is 14.3 Å². The number of rotatable bonds is 0. The van der Waals surface area contributed by atoms with Crippen LogP contribution < -0.4 is 6.15 Å². The fraction of sp³-hybridized carbons (Fsp3) is 0.250. The van der Waals surface area contributed by atoms with Gasteiger partial charge in [-0.1, -0.05) is 5.57 Å². The zero-order valence-corrected chi connectivity index (χ0v) is 7.29. The predicted octanol–water partition coefficient (Wildman–Crippen LogP) is 1.37. The first-order valence-corrected chi connectivity index (χ1v) is 3.08. The number of esters is 2. The van der Waals surface area contributed by atoms with Crippen molar-refractivity contribution in [2.45, 2.75) is 13.8 Å². The molecule has 68 valence electrons. The van der Waals surface area contributed by atoms with E-state index in [0.717, 1.165) is 12.2 Å². The topological polar surface area (TPSA) is 78.4 Å². The van der Waals surface area contributed by atoms with Crippen LogP contribution in [0.5, 0.6) is 0 Å². The Morgan fingerprint density at radius 1 is 1.25 bits per heavy atom. The lowest BCUT2D eigenvalue weighted by molar-refractivity contribution is -0.150. The van der Waals surface area contributed by atoms with E-state index in [0.29, 0.717) is 0 Å². The smallest absolute Gasteiger partial charge is 0.338 e. The van der Waals surface area contributed by atoms with E-state index in [4.69, 9.17) is 0 Å². The lowest BCUT2D eigenvalue weighted by Crippen LogP contribution is -1.96. The highest BCUT2D eigenvalue weighted by atomic mass is 16.6. The van der Waals surface area contributed by atoms with Crippen LogP contribution in [0.2, 0.25) is 0 Å². The quantitative estimate of drug-likeness (QED) is 0.339. The van der Waals surface area contributed by atoms with Crippen LogP contribution in [0.25, 0.3) is 0 Å². The number of carbonyl (C=O) groups is 2. The van der Waals surface area contributed by atoms with Gasteiger partial charge in [0.2, 0.25) is 0 Å². The average molecular weight is 171 g/mol. The Labute approximate surface area is 71.5 Å². The van der Waals surface area contributed by atoms with Crippen LogP contribution in [0.3, 0.4) is 0 Å². The van der Waals surface area contributed by atoms with Gasteiger partial charge in [0.05, 0.1) is 0 Å². The Hall–Kier alpha value is -1.42. The molecule has 1 aliphatic heterocycles. The lowest BCUT2D eigenvalue weighted by atomic mass is 10.4. The summed E-state index contributed by atoms with van der Waals surface area (Å²) >= 11 is 0. The third kappa shape index (κ3) is 8.58. The molecule has 0 spiro atoms. The molecule has 1 aliphatic rings. The van der Waals surface area contributed by atoms with E-state index in [-0.39, 0.29) is 6.15 Å². The molecule has 0 aromatic carbocycles. The van der Waals surface area contributed by atoms with Gasteiger partial charge < -0.3 is 10.9 Å². The first-order valence-electron chi connectivity index (χ1n) is 3.08. The maximum Gasteiger partial charge on any atom is 0.338 e. The molecule has 0 atom stereocenters. The summed E-state index contributed by atoms with van der Waals surface area (Å²) in [6, 6.07) is 0. The van der Waals surface area contributed by atoms with Crippen molar-refractivity contribution in [3.05, 3.63) is 24.3 Å². The van der Waals surface area contributed by atoms with Gasteiger partial charge in [-0.05, 0) is 13.8 Å². The average Bonchev–Trinajstić information content (AvgIpc) is 2.13. The van der Waals surface area contributed by atoms with E-state index >= 15 is 0 Å². The number of hydrogen-bond donors (Lipinski definition) is 1. The van der Waals surface area contributed by atoms with Gasteiger partial charge in [0.15, 0.2) is 0 Å². The second-order valence-electron chi connectivity index (χ2n) is 2.28. The largest absolute Gasteiger partial charge is 0.387 e. The Kier molecular flexibility index (Phi) is 6.93. The van der Waals surface area contributed by atoms with Gasteiger partial charge in [0, 0.05) is 12.2 Å². The Balaban J connectivity index is 0. The van der Waals surface area contributed by atoms with Gasteiger partial charge in [-0.2, -0.15) is 0 Å². The Morgan fingerprint density at radius 2 is 1.50 bits per heavy atom. The fourth-order valence-corrected chi connectivity index (χ4v) is 0.303. The Morgan fingerprint density at radius 3 is 1.58 bits per heavy atom. The number of cyclic esters (lactones) is 2. The molecule has 0 bridgehead atoms. The highest BCUT2D eigenvalue weighted by Crippen LogP contribution is 1.92. The van der Waals surface area contributed by atoms with E-state index in [2.05, 4.69) is 11.3 Å². The van der Waals surface area contributed by atoms with Gasteiger partial charge >= 0.3 is 11.9 Å². The number of ether oxygens (including phenoxy) is 1. The maximum absolute atomic E-state index is 9.92. The number of carbonyl (C=O) groups excluding carboxylic acids is 2. The number of hydrogen-bond acceptors (Lipinski definition) is 4. The third-order valence-corrected chi connectivity index (χ3v) is 0.557. The van der Waals surface area contributed by atoms with Gasteiger partial charge in [-0.3, -0.25) is 0 Å². The minimum atomic E-state index is -0.579. The summed E-state index contributed by atoms with van der Waals surface area (Å²) in [6.07, 6.45) is 2.17. The highest BCUT2D eigenvalue weighted by Gasteiger charge is 2.10. The standard InChI is InChI=1S/C4H2O3.C4H8.H3N/c5-3-1-2-4(6)7-3;1-4(2)3;/h1-2H;1H2,2-3H3;1H3. The molecule has 0 saturated carbocycles. The molecule has 12 heavy (non-hydrogen) atoms. The summed E-state index contributed by atoms with van der Waals surface area (Å²) in [5, 5.41) is 0. The zero-order chi connectivity index (χ0) is 8.85. The normalized spacial score (nSPS) is 12.5. The maximum atomic E-state index is 9.92. The van der Waals surface area contributed by atoms with Crippen molar-refractivity contribution >= 4 is 11.9 Å². The monoisotopic (exact) mass is 171 g/mol. The SMILES string of the molecule is C=C(C)C.N.O=C1C=CC(=O)O1. The molecule has 1 rings (SSSR count). The molecule has 4 heteroatoms. The minimum Gasteiger partial charge on any atom is -0.387 e. The van der Waals surface area contributed by atoms with Crippen molar-refractivity contribution in [1.29, 1.82) is 0 Å². The van der Waals surface area contributed by atoms with Crippen LogP contribution in [0.4, 0.5) is 0 Å². The van der Waals surface area contributed by atoms with Gasteiger partial charge in [-0.15, -0.1) is 6.58 Å². The second-order valence-corrected chi connectivity index (χ2v) is 2.28. The van der Waals surface area contributed by atoms with E-state index in [9.17, 15) is 9.59 Å². The molecule has 0 aliphatic carbocycles. The summed E-state index contributed by atoms with van der Waals surface area (Å²) < 4.78 is 3.97. The molecular formula is C8H13NO3. The van der Waals surface area contributed by atoms with E-state index in [1.165, 1.54) is 5.57 Å². The van der Waals surface area contributed by atoms with E-state index in [1.54, 1.807) is 0 Å². The predicted molar refractivity (Wildman–Crippen MR) is 45.7 cm³/mol. The van der Waals surface area contributed by atoms with Crippen molar-refractivity contribution in [1.82, 2.24) is 6.15 Å². The van der Waals surface area contributed by atoms with Crippen molar-refractivity contribution in [2.24, 2.45) is 0 Å². The summed E-state index contributed by atoms with van der Waals surface area (Å²) in [4.78, 5) is 19.8. The summed E-state index contributed by atoms with van der Waals surface area (Å²) in [7, 11) is 0. The summed E-state index contributed by atoms with van der Waals surface area (Å²) in [6.45, 7) is 7.50. The van der Waals surface area contributed by atoms with Crippen LogP contribution >= 0.6 is 0 Å². The molecule has 1 heterocycles. The molecule has 3 N–H and O–H groups in total. The molecule has 0 unspecified atom stereocenters. The lowest BCUT2D eigenvalue weighted by Gasteiger charge is -1.80. The molecule has 0 aromatic rings. The first-order chi connectivity index (χ1) is 5.02. The van der Waals surface area contributed by atoms with Crippen LogP contribution in [-0.4, -0.2) is 11.9 Å². The molecule has 0 aromatic heterocycles. The highest BCUT2D eigenvalue weighted by molar-refractivity contribution is 6.04. The van der Waals surface area contributed by atoms with Crippen molar-refractivity contribution in [3.63, 3.8) is 0 Å². The van der Waals surface area contributed by atoms with Crippen LogP contribution in [0.15, 0.2) is 24.3 Å². The van der Waals surface area contributed by atoms with Crippen LogP contribution in [0, 0.1) is 0 Å². The fourth-order valence-electron chi connectivity index (χ4n) is 0.303. The van der Waals surface area contributed by atoms with Gasteiger partial charge in [0.1, 0.15) is 0 Å². The van der Waals surface area contributed by atoms with Crippen molar-refractivity contribution in [3.8, 4) is 0 Å². The zero-order valence-electron chi connectivity index (χ0n) is 7.29. The minimum absolute atomic E-state index is 0. The number of allylic oxidation sites excluding steroid dienone is 1. The van der Waals surface area contributed by atoms with Gasteiger partial charge in [0.25, 0.3) is 0 Å². The van der Waals surface area contributed by atoms with Crippen LogP contribution in [0.1, 0.15) is 13.8 Å². The van der Waals surface area contributed by atoms with Crippen molar-refractivity contribution in [2.75, 3.05) is 0 Å². The van der Waals surface area contributed by atoms with E-state index < -0.39 is 11.9 Å².